The van der Waals surface area contributed by atoms with Crippen molar-refractivity contribution in [2.45, 2.75) is 19.6 Å². The van der Waals surface area contributed by atoms with Gasteiger partial charge in [0, 0.05) is 12.3 Å². The minimum absolute atomic E-state index is 0.116. The van der Waals surface area contributed by atoms with Crippen LogP contribution in [-0.2, 0) is 6.54 Å². The normalized spacial score (nSPS) is 13.7. The van der Waals surface area contributed by atoms with Crippen molar-refractivity contribution in [2.24, 2.45) is 5.73 Å². The van der Waals surface area contributed by atoms with Gasteiger partial charge in [-0.2, -0.15) is 0 Å². The number of aliphatic hydroxyl groups excluding tert-OH is 1. The highest BCUT2D eigenvalue weighted by molar-refractivity contribution is 5.91. The standard InChI is InChI=1S/C16H14FN3O3/c1-9(21)2-3-10-6-11-14(7-12(10)17)23-5-4-20-8-13(15(18)22)19-16(11)20/h6-9,21H,4-5H2,1H3,(H2,18,22). The van der Waals surface area contributed by atoms with Gasteiger partial charge in [-0.3, -0.25) is 4.79 Å². The molecule has 0 bridgehead atoms. The number of nitrogens with two attached hydrogens (primary N) is 1. The Bertz CT molecular complexity index is 846. The average molecular weight is 315 g/mol. The molecule has 0 radical (unpaired) electrons. The fourth-order valence-corrected chi connectivity index (χ4v) is 2.30. The Balaban J connectivity index is 2.17. The van der Waals surface area contributed by atoms with Crippen LogP contribution in [0.4, 0.5) is 4.39 Å². The SMILES string of the molecule is CC(O)C#Cc1cc2c(cc1F)OCCn1cc(C(N)=O)nc1-2. The molecular weight excluding hydrogens is 301 g/mol. The van der Waals surface area contributed by atoms with Crippen LogP contribution in [0.25, 0.3) is 11.4 Å². The molecule has 0 saturated heterocycles. The Morgan fingerprint density at radius 2 is 2.35 bits per heavy atom. The van der Waals surface area contributed by atoms with Crippen molar-refractivity contribution in [1.29, 1.82) is 0 Å². The lowest BCUT2D eigenvalue weighted by atomic mass is 10.1. The molecule has 0 fully saturated rings. The van der Waals surface area contributed by atoms with Crippen LogP contribution >= 0.6 is 0 Å². The summed E-state index contributed by atoms with van der Waals surface area (Å²) in [6.07, 6.45) is 0.675. The third-order valence-electron chi connectivity index (χ3n) is 3.34. The topological polar surface area (TPSA) is 90.4 Å². The van der Waals surface area contributed by atoms with E-state index in [1.807, 2.05) is 0 Å². The lowest BCUT2D eigenvalue weighted by Gasteiger charge is -2.07. The molecule has 0 saturated carbocycles. The van der Waals surface area contributed by atoms with Crippen molar-refractivity contribution in [3.05, 3.63) is 35.4 Å². The van der Waals surface area contributed by atoms with Gasteiger partial charge in [-0.15, -0.1) is 0 Å². The molecule has 3 rings (SSSR count). The highest BCUT2D eigenvalue weighted by Crippen LogP contribution is 2.34. The number of primary amides is 1. The average Bonchev–Trinajstić information content (AvgIpc) is 2.84. The minimum atomic E-state index is -0.868. The third kappa shape index (κ3) is 2.89. The predicted octanol–water partition coefficient (Wildman–Crippen LogP) is 0.913. The van der Waals surface area contributed by atoms with Gasteiger partial charge < -0.3 is 20.1 Å². The van der Waals surface area contributed by atoms with E-state index in [1.54, 1.807) is 10.8 Å². The van der Waals surface area contributed by atoms with Gasteiger partial charge >= 0.3 is 0 Å². The number of amides is 1. The number of aliphatic hydroxyl groups is 1. The van der Waals surface area contributed by atoms with Crippen LogP contribution in [0.2, 0.25) is 0 Å². The minimum Gasteiger partial charge on any atom is -0.491 e. The second-order valence-electron chi connectivity index (χ2n) is 5.13. The molecule has 118 valence electrons. The van der Waals surface area contributed by atoms with Crippen LogP contribution < -0.4 is 10.5 Å². The molecule has 0 spiro atoms. The second-order valence-corrected chi connectivity index (χ2v) is 5.13. The number of carbonyl (C=O) groups excluding carboxylic acids is 1. The summed E-state index contributed by atoms with van der Waals surface area (Å²) in [6, 6.07) is 2.73. The van der Waals surface area contributed by atoms with Crippen molar-refractivity contribution in [2.75, 3.05) is 6.61 Å². The number of aromatic nitrogens is 2. The zero-order valence-corrected chi connectivity index (χ0v) is 12.3. The molecule has 1 unspecified atom stereocenters. The number of benzene rings is 1. The van der Waals surface area contributed by atoms with Crippen LogP contribution in [0.3, 0.4) is 0 Å². The van der Waals surface area contributed by atoms with Crippen LogP contribution in [0, 0.1) is 17.7 Å². The molecule has 6 nitrogen and oxygen atoms in total. The molecule has 1 aromatic heterocycles. The Morgan fingerprint density at radius 1 is 1.57 bits per heavy atom. The van der Waals surface area contributed by atoms with E-state index >= 15 is 0 Å². The zero-order chi connectivity index (χ0) is 16.6. The number of fused-ring (bicyclic) bond motifs is 3. The van der Waals surface area contributed by atoms with Crippen LogP contribution in [-0.4, -0.2) is 33.3 Å². The number of hydrogen-bond acceptors (Lipinski definition) is 4. The summed E-state index contributed by atoms with van der Waals surface area (Å²) in [5.74, 6) is 4.68. The summed E-state index contributed by atoms with van der Waals surface area (Å²) in [7, 11) is 0. The third-order valence-corrected chi connectivity index (χ3v) is 3.34. The van der Waals surface area contributed by atoms with Gasteiger partial charge in [0.1, 0.15) is 35.8 Å². The predicted molar refractivity (Wildman–Crippen MR) is 80.2 cm³/mol. The summed E-state index contributed by atoms with van der Waals surface area (Å²) in [6.45, 7) is 2.26. The molecule has 1 aromatic carbocycles. The summed E-state index contributed by atoms with van der Waals surface area (Å²) in [4.78, 5) is 15.5. The van der Waals surface area contributed by atoms with E-state index in [-0.39, 0.29) is 11.3 Å². The van der Waals surface area contributed by atoms with E-state index in [1.165, 1.54) is 19.1 Å². The van der Waals surface area contributed by atoms with Gasteiger partial charge in [0.25, 0.3) is 5.91 Å². The fraction of sp³-hybridized carbons (Fsp3) is 0.250. The van der Waals surface area contributed by atoms with E-state index in [4.69, 9.17) is 10.5 Å². The Hall–Kier alpha value is -2.85. The van der Waals surface area contributed by atoms with Crippen molar-refractivity contribution in [3.63, 3.8) is 0 Å². The molecule has 23 heavy (non-hydrogen) atoms. The lowest BCUT2D eigenvalue weighted by molar-refractivity contribution is 0.0996. The van der Waals surface area contributed by atoms with Crippen molar-refractivity contribution >= 4 is 5.91 Å². The molecule has 0 aliphatic carbocycles. The summed E-state index contributed by atoms with van der Waals surface area (Å²) in [5, 5.41) is 9.22. The van der Waals surface area contributed by atoms with E-state index in [2.05, 4.69) is 16.8 Å². The van der Waals surface area contributed by atoms with E-state index in [0.29, 0.717) is 30.3 Å². The van der Waals surface area contributed by atoms with Crippen LogP contribution in [0.1, 0.15) is 23.0 Å². The van der Waals surface area contributed by atoms with E-state index < -0.39 is 17.8 Å². The maximum atomic E-state index is 14.1. The first kappa shape index (κ1) is 15.1. The first-order valence-corrected chi connectivity index (χ1v) is 6.99. The van der Waals surface area contributed by atoms with Gasteiger partial charge in [-0.1, -0.05) is 11.8 Å². The molecule has 1 amide bonds. The molecular formula is C16H14FN3O3. The first-order valence-electron chi connectivity index (χ1n) is 6.99. The maximum Gasteiger partial charge on any atom is 0.268 e. The maximum absolute atomic E-state index is 14.1. The smallest absolute Gasteiger partial charge is 0.268 e. The number of imidazole rings is 1. The molecule has 2 aromatic rings. The molecule has 2 heterocycles. The summed E-state index contributed by atoms with van der Waals surface area (Å²) < 4.78 is 21.4. The zero-order valence-electron chi connectivity index (χ0n) is 12.3. The monoisotopic (exact) mass is 315 g/mol. The van der Waals surface area contributed by atoms with E-state index in [0.717, 1.165) is 0 Å². The number of hydrogen-bond donors (Lipinski definition) is 2. The number of rotatable bonds is 1. The first-order chi connectivity index (χ1) is 11.0. The Labute approximate surface area is 131 Å². The molecule has 3 N–H and O–H groups in total. The van der Waals surface area contributed by atoms with Crippen molar-refractivity contribution in [1.82, 2.24) is 9.55 Å². The van der Waals surface area contributed by atoms with E-state index in [9.17, 15) is 14.3 Å². The number of carbonyl (C=O) groups is 1. The quantitative estimate of drug-likeness (QED) is 0.766. The van der Waals surface area contributed by atoms with Gasteiger partial charge in [-0.05, 0) is 13.0 Å². The number of ether oxygens (including phenoxy) is 1. The molecule has 1 aliphatic heterocycles. The second kappa shape index (κ2) is 5.74. The van der Waals surface area contributed by atoms with Crippen LogP contribution in [0.15, 0.2) is 18.3 Å². The van der Waals surface area contributed by atoms with Crippen LogP contribution in [0.5, 0.6) is 5.75 Å². The highest BCUT2D eigenvalue weighted by atomic mass is 19.1. The van der Waals surface area contributed by atoms with Crippen molar-refractivity contribution < 1.29 is 19.0 Å². The summed E-state index contributed by atoms with van der Waals surface area (Å²) in [5.41, 5.74) is 6.03. The summed E-state index contributed by atoms with van der Waals surface area (Å²) >= 11 is 0. The van der Waals surface area contributed by atoms with Gasteiger partial charge in [0.15, 0.2) is 0 Å². The molecule has 1 atom stereocenters. The lowest BCUT2D eigenvalue weighted by Crippen LogP contribution is -2.11. The number of nitrogens with zero attached hydrogens (tertiary/aromatic N) is 2. The van der Waals surface area contributed by atoms with Gasteiger partial charge in [0.2, 0.25) is 0 Å². The Morgan fingerprint density at radius 3 is 3.04 bits per heavy atom. The Kier molecular flexibility index (Phi) is 3.76. The highest BCUT2D eigenvalue weighted by Gasteiger charge is 2.21. The van der Waals surface area contributed by atoms with Crippen molar-refractivity contribution in [3.8, 4) is 29.0 Å². The largest absolute Gasteiger partial charge is 0.491 e. The molecule has 1 aliphatic rings. The fourth-order valence-electron chi connectivity index (χ4n) is 2.30. The molecule has 7 heteroatoms. The number of halogens is 1. The van der Waals surface area contributed by atoms with Gasteiger partial charge in [0.05, 0.1) is 17.7 Å². The van der Waals surface area contributed by atoms with Gasteiger partial charge in [-0.25, -0.2) is 9.37 Å².